The van der Waals surface area contributed by atoms with Crippen molar-refractivity contribution in [3.05, 3.63) is 11.8 Å². The van der Waals surface area contributed by atoms with Gasteiger partial charge in [0.15, 0.2) is 0 Å². The first-order valence-electron chi connectivity index (χ1n) is 3.66. The molecule has 3 nitrogen and oxygen atoms in total. The van der Waals surface area contributed by atoms with Crippen molar-refractivity contribution in [1.29, 1.82) is 0 Å². The minimum absolute atomic E-state index is 0.0598. The number of ether oxygens (including phenoxy) is 1. The highest BCUT2D eigenvalue weighted by atomic mass is 16.5. The average molecular weight is 156 g/mol. The molecule has 3 heteroatoms. The van der Waals surface area contributed by atoms with E-state index in [-0.39, 0.29) is 6.23 Å². The van der Waals surface area contributed by atoms with E-state index >= 15 is 0 Å². The normalized spacial score (nSPS) is 14.6. The number of nitrogens with one attached hydrogen (secondary N) is 1. The lowest BCUT2D eigenvalue weighted by Crippen LogP contribution is -2.24. The number of nitrogens with zero attached hydrogens (tertiary/aromatic N) is 1. The summed E-state index contributed by atoms with van der Waals surface area (Å²) in [5, 5.41) is 2.96. The van der Waals surface area contributed by atoms with Gasteiger partial charge in [-0.15, -0.1) is 0 Å². The molecule has 0 aromatic heterocycles. The van der Waals surface area contributed by atoms with E-state index in [0.29, 0.717) is 0 Å². The second-order valence-electron chi connectivity index (χ2n) is 2.11. The molecule has 0 saturated heterocycles. The van der Waals surface area contributed by atoms with Crippen molar-refractivity contribution >= 4 is 6.72 Å². The third-order valence-corrected chi connectivity index (χ3v) is 1.45. The molecule has 0 fully saturated rings. The number of allylic oxidation sites excluding steroid dienone is 1. The summed E-state index contributed by atoms with van der Waals surface area (Å²) in [6, 6.07) is 0. The molecule has 0 spiro atoms. The Morgan fingerprint density at radius 1 is 1.82 bits per heavy atom. The number of methoxy groups -OCH3 is 1. The Kier molecular flexibility index (Phi) is 5.70. The van der Waals surface area contributed by atoms with Crippen molar-refractivity contribution in [3.63, 3.8) is 0 Å². The van der Waals surface area contributed by atoms with E-state index in [4.69, 9.17) is 4.74 Å². The van der Waals surface area contributed by atoms with E-state index in [1.165, 1.54) is 0 Å². The number of hydrogen-bond acceptors (Lipinski definition) is 3. The zero-order valence-electron chi connectivity index (χ0n) is 7.42. The van der Waals surface area contributed by atoms with Gasteiger partial charge >= 0.3 is 0 Å². The smallest absolute Gasteiger partial charge is 0.128 e. The number of likely N-dealkylation sites (N-methyl/N-ethyl adjacent to an activating group) is 1. The lowest BCUT2D eigenvalue weighted by molar-refractivity contribution is 0.119. The van der Waals surface area contributed by atoms with E-state index in [1.54, 1.807) is 7.11 Å². The molecule has 0 aromatic rings. The quantitative estimate of drug-likeness (QED) is 0.479. The predicted octanol–water partition coefficient (Wildman–Crippen LogP) is 1.17. The summed E-state index contributed by atoms with van der Waals surface area (Å²) in [5.74, 6) is 0. The number of rotatable bonds is 5. The van der Waals surface area contributed by atoms with Crippen LogP contribution in [0.15, 0.2) is 16.8 Å². The van der Waals surface area contributed by atoms with Gasteiger partial charge in [0.25, 0.3) is 0 Å². The van der Waals surface area contributed by atoms with Crippen LogP contribution < -0.4 is 5.32 Å². The molecule has 0 aliphatic heterocycles. The zero-order chi connectivity index (χ0) is 8.69. The summed E-state index contributed by atoms with van der Waals surface area (Å²) in [5.41, 5.74) is 0.950. The van der Waals surface area contributed by atoms with E-state index < -0.39 is 0 Å². The first-order valence-corrected chi connectivity index (χ1v) is 3.66. The molecule has 0 heterocycles. The van der Waals surface area contributed by atoms with Gasteiger partial charge < -0.3 is 4.74 Å². The van der Waals surface area contributed by atoms with Crippen LogP contribution in [0.1, 0.15) is 13.3 Å². The van der Waals surface area contributed by atoms with Gasteiger partial charge in [0, 0.05) is 12.8 Å². The topological polar surface area (TPSA) is 33.6 Å². The van der Waals surface area contributed by atoms with E-state index in [0.717, 1.165) is 12.1 Å². The van der Waals surface area contributed by atoms with Gasteiger partial charge in [-0.05, 0) is 26.3 Å². The molecular formula is C8H16N2O. The predicted molar refractivity (Wildman–Crippen MR) is 47.8 cm³/mol. The molecule has 0 amide bonds. The number of hydrogen-bond donors (Lipinski definition) is 1. The molecule has 0 saturated carbocycles. The summed E-state index contributed by atoms with van der Waals surface area (Å²) in [6.45, 7) is 5.48. The monoisotopic (exact) mass is 156 g/mol. The Hall–Kier alpha value is -0.670. The van der Waals surface area contributed by atoms with Gasteiger partial charge in [0.2, 0.25) is 0 Å². The Morgan fingerprint density at radius 2 is 2.45 bits per heavy atom. The molecular weight excluding hydrogens is 140 g/mol. The number of aliphatic imine (C=N–C) groups is 1. The fourth-order valence-corrected chi connectivity index (χ4v) is 0.726. The van der Waals surface area contributed by atoms with Crippen molar-refractivity contribution in [1.82, 2.24) is 5.32 Å². The van der Waals surface area contributed by atoms with Crippen LogP contribution in [0.4, 0.5) is 0 Å². The minimum atomic E-state index is -0.0598. The Bertz CT molecular complexity index is 139. The average Bonchev–Trinajstić information content (AvgIpc) is 2.07. The summed E-state index contributed by atoms with van der Waals surface area (Å²) < 4.78 is 5.06. The van der Waals surface area contributed by atoms with Crippen LogP contribution >= 0.6 is 0 Å². The molecule has 0 aromatic carbocycles. The SMILES string of the molecule is C=N/C(=C\C(NC)OC)CC. The van der Waals surface area contributed by atoms with Crippen LogP contribution in [0.25, 0.3) is 0 Å². The van der Waals surface area contributed by atoms with Crippen molar-refractivity contribution in [2.24, 2.45) is 4.99 Å². The first-order chi connectivity index (χ1) is 5.28. The summed E-state index contributed by atoms with van der Waals surface area (Å²) in [7, 11) is 3.48. The van der Waals surface area contributed by atoms with Gasteiger partial charge in [-0.25, -0.2) is 0 Å². The largest absolute Gasteiger partial charge is 0.363 e. The summed E-state index contributed by atoms with van der Waals surface area (Å²) in [6.07, 6.45) is 2.73. The van der Waals surface area contributed by atoms with Crippen molar-refractivity contribution in [2.75, 3.05) is 14.2 Å². The van der Waals surface area contributed by atoms with Crippen LogP contribution in [0.2, 0.25) is 0 Å². The zero-order valence-corrected chi connectivity index (χ0v) is 7.42. The maximum atomic E-state index is 5.06. The van der Waals surface area contributed by atoms with Crippen molar-refractivity contribution < 1.29 is 4.74 Å². The molecule has 0 radical (unpaired) electrons. The molecule has 0 aliphatic carbocycles. The standard InChI is InChI=1S/C8H16N2O/c1-5-7(9-2)6-8(10-3)11-4/h6,8,10H,2,5H2,1,3-4H3/b7-6-. The molecule has 0 bridgehead atoms. The summed E-state index contributed by atoms with van der Waals surface area (Å²) in [4.78, 5) is 3.83. The highest BCUT2D eigenvalue weighted by Crippen LogP contribution is 2.02. The lowest BCUT2D eigenvalue weighted by atomic mass is 10.3. The molecule has 11 heavy (non-hydrogen) atoms. The van der Waals surface area contributed by atoms with Crippen molar-refractivity contribution in [2.45, 2.75) is 19.6 Å². The van der Waals surface area contributed by atoms with Gasteiger partial charge in [-0.1, -0.05) is 6.92 Å². The first kappa shape index (κ1) is 10.3. The van der Waals surface area contributed by atoms with Crippen LogP contribution in [-0.2, 0) is 4.74 Å². The van der Waals surface area contributed by atoms with Gasteiger partial charge in [0.1, 0.15) is 6.23 Å². The Labute approximate surface area is 68.2 Å². The highest BCUT2D eigenvalue weighted by molar-refractivity contribution is 5.29. The van der Waals surface area contributed by atoms with Gasteiger partial charge in [-0.2, -0.15) is 0 Å². The molecule has 0 aliphatic rings. The highest BCUT2D eigenvalue weighted by Gasteiger charge is 1.99. The minimum Gasteiger partial charge on any atom is -0.363 e. The van der Waals surface area contributed by atoms with E-state index in [9.17, 15) is 0 Å². The van der Waals surface area contributed by atoms with Gasteiger partial charge in [0.05, 0.1) is 0 Å². The van der Waals surface area contributed by atoms with Gasteiger partial charge in [-0.3, -0.25) is 10.3 Å². The third kappa shape index (κ3) is 3.91. The molecule has 1 unspecified atom stereocenters. The van der Waals surface area contributed by atoms with Crippen LogP contribution in [0, 0.1) is 0 Å². The molecule has 1 N–H and O–H groups in total. The maximum absolute atomic E-state index is 5.06. The third-order valence-electron chi connectivity index (χ3n) is 1.45. The van der Waals surface area contributed by atoms with E-state index in [2.05, 4.69) is 17.0 Å². The summed E-state index contributed by atoms with van der Waals surface area (Å²) >= 11 is 0. The molecule has 64 valence electrons. The fourth-order valence-electron chi connectivity index (χ4n) is 0.726. The maximum Gasteiger partial charge on any atom is 0.128 e. The molecule has 0 rings (SSSR count). The lowest BCUT2D eigenvalue weighted by Gasteiger charge is -2.09. The fraction of sp³-hybridized carbons (Fsp3) is 0.625. The second kappa shape index (κ2) is 6.07. The Morgan fingerprint density at radius 3 is 2.73 bits per heavy atom. The molecule has 1 atom stereocenters. The van der Waals surface area contributed by atoms with Crippen LogP contribution in [0.5, 0.6) is 0 Å². The van der Waals surface area contributed by atoms with Crippen molar-refractivity contribution in [3.8, 4) is 0 Å². The van der Waals surface area contributed by atoms with Crippen LogP contribution in [0.3, 0.4) is 0 Å². The van der Waals surface area contributed by atoms with Crippen LogP contribution in [-0.4, -0.2) is 27.1 Å². The Balaban J connectivity index is 4.09. The van der Waals surface area contributed by atoms with E-state index in [1.807, 2.05) is 20.0 Å². The second-order valence-corrected chi connectivity index (χ2v) is 2.11.